The molecule has 1 saturated carbocycles. The van der Waals surface area contributed by atoms with Gasteiger partial charge in [-0.05, 0) is 36.7 Å². The van der Waals surface area contributed by atoms with E-state index in [1.807, 2.05) is 0 Å². The van der Waals surface area contributed by atoms with Crippen LogP contribution in [-0.2, 0) is 19.0 Å². The predicted molar refractivity (Wildman–Crippen MR) is 95.8 cm³/mol. The lowest BCUT2D eigenvalue weighted by molar-refractivity contribution is -0.184. The van der Waals surface area contributed by atoms with E-state index < -0.39 is 17.3 Å². The Hall–Kier alpha value is -0.950. The Bertz CT molecular complexity index is 715. The average molecular weight is 378 g/mol. The fourth-order valence-corrected chi connectivity index (χ4v) is 6.59. The molecule has 0 amide bonds. The number of epoxide rings is 1. The van der Waals surface area contributed by atoms with Gasteiger partial charge < -0.3 is 24.4 Å². The highest BCUT2D eigenvalue weighted by molar-refractivity contribution is 5.92. The molecule has 27 heavy (non-hydrogen) atoms. The minimum atomic E-state index is -0.948. The minimum Gasteiger partial charge on any atom is -0.458 e. The maximum atomic E-state index is 12.1. The van der Waals surface area contributed by atoms with Gasteiger partial charge in [0.2, 0.25) is 0 Å². The van der Waals surface area contributed by atoms with Crippen LogP contribution in [0.1, 0.15) is 52.9 Å². The van der Waals surface area contributed by atoms with Crippen LogP contribution in [0.4, 0.5) is 0 Å². The Morgan fingerprint density at radius 2 is 2.04 bits per heavy atom. The summed E-state index contributed by atoms with van der Waals surface area (Å²) >= 11 is 0. The van der Waals surface area contributed by atoms with Gasteiger partial charge in [-0.25, -0.2) is 4.79 Å². The standard InChI is InChI=1S/C21H30O6/c1-11(2)21-16(22)10-25-12-6-15-14-9-26-18(23)13(14)4-5-19(15,3)20(24,7-12)8-17(21)27-21/h11-12,15-17,22,24H,4-10H2,1-3H3/t12-,15?,16+,17+,19+,20-,21-/m1/s1. The van der Waals surface area contributed by atoms with Crippen molar-refractivity contribution in [3.8, 4) is 0 Å². The van der Waals surface area contributed by atoms with Crippen molar-refractivity contribution >= 4 is 5.97 Å². The predicted octanol–water partition coefficient (Wildman–Crippen LogP) is 1.72. The third-order valence-electron chi connectivity index (χ3n) is 8.43. The van der Waals surface area contributed by atoms with Crippen LogP contribution in [0.3, 0.4) is 0 Å². The van der Waals surface area contributed by atoms with Gasteiger partial charge in [0.1, 0.15) is 18.3 Å². The molecule has 0 aromatic carbocycles. The molecule has 3 aliphatic heterocycles. The van der Waals surface area contributed by atoms with Gasteiger partial charge in [0.15, 0.2) is 0 Å². The fraction of sp³-hybridized carbons (Fsp3) is 0.857. The number of aliphatic hydroxyl groups is 2. The Kier molecular flexibility index (Phi) is 3.73. The Morgan fingerprint density at radius 1 is 1.26 bits per heavy atom. The molecule has 7 atom stereocenters. The van der Waals surface area contributed by atoms with Crippen molar-refractivity contribution < 1.29 is 29.2 Å². The summed E-state index contributed by atoms with van der Waals surface area (Å²) in [5, 5.41) is 22.7. The van der Waals surface area contributed by atoms with Crippen LogP contribution in [0, 0.1) is 17.3 Å². The van der Waals surface area contributed by atoms with Gasteiger partial charge in [-0.1, -0.05) is 20.8 Å². The fourth-order valence-electron chi connectivity index (χ4n) is 6.59. The van der Waals surface area contributed by atoms with Crippen molar-refractivity contribution in [1.29, 1.82) is 0 Å². The number of rotatable bonds is 1. The lowest BCUT2D eigenvalue weighted by Crippen LogP contribution is -2.59. The van der Waals surface area contributed by atoms with E-state index in [0.717, 1.165) is 24.0 Å². The highest BCUT2D eigenvalue weighted by Gasteiger charge is 2.69. The molecular weight excluding hydrogens is 348 g/mol. The van der Waals surface area contributed by atoms with Crippen molar-refractivity contribution in [3.05, 3.63) is 11.1 Å². The highest BCUT2D eigenvalue weighted by Crippen LogP contribution is 2.62. The van der Waals surface area contributed by atoms with E-state index in [4.69, 9.17) is 14.2 Å². The molecule has 2 N–H and O–H groups in total. The molecule has 2 aliphatic carbocycles. The summed E-state index contributed by atoms with van der Waals surface area (Å²) in [6, 6.07) is 0. The molecule has 5 aliphatic rings. The third kappa shape index (κ3) is 2.24. The molecule has 6 heteroatoms. The largest absolute Gasteiger partial charge is 0.458 e. The second-order valence-electron chi connectivity index (χ2n) is 9.81. The van der Waals surface area contributed by atoms with Crippen LogP contribution in [-0.4, -0.2) is 58.9 Å². The molecule has 2 saturated heterocycles. The molecule has 1 unspecified atom stereocenters. The summed E-state index contributed by atoms with van der Waals surface area (Å²) in [5.74, 6) is 0.0226. The number of carbonyl (C=O) groups is 1. The molecule has 0 aromatic heterocycles. The molecule has 0 radical (unpaired) electrons. The summed E-state index contributed by atoms with van der Waals surface area (Å²) in [7, 11) is 0. The number of hydrogen-bond acceptors (Lipinski definition) is 6. The first kappa shape index (κ1) is 18.1. The van der Waals surface area contributed by atoms with Crippen LogP contribution >= 0.6 is 0 Å². The van der Waals surface area contributed by atoms with E-state index in [-0.39, 0.29) is 42.0 Å². The first-order valence-corrected chi connectivity index (χ1v) is 10.3. The van der Waals surface area contributed by atoms with Gasteiger partial charge >= 0.3 is 5.97 Å². The molecule has 150 valence electrons. The molecule has 2 bridgehead atoms. The number of ether oxygens (including phenoxy) is 3. The number of aliphatic hydroxyl groups excluding tert-OH is 1. The topological polar surface area (TPSA) is 88.5 Å². The van der Waals surface area contributed by atoms with Crippen molar-refractivity contribution in [2.45, 2.75) is 82.4 Å². The number of fused-ring (bicyclic) bond motifs is 6. The molecule has 3 heterocycles. The molecule has 5 rings (SSSR count). The van der Waals surface area contributed by atoms with Crippen LogP contribution in [0.15, 0.2) is 11.1 Å². The summed E-state index contributed by atoms with van der Waals surface area (Å²) < 4.78 is 17.5. The Labute approximate surface area is 159 Å². The molecule has 0 spiro atoms. The maximum absolute atomic E-state index is 12.1. The summed E-state index contributed by atoms with van der Waals surface area (Å²) in [4.78, 5) is 12.1. The van der Waals surface area contributed by atoms with E-state index in [0.29, 0.717) is 25.9 Å². The van der Waals surface area contributed by atoms with Gasteiger partial charge in [0.05, 0.1) is 24.4 Å². The zero-order valence-corrected chi connectivity index (χ0v) is 16.4. The monoisotopic (exact) mass is 378 g/mol. The maximum Gasteiger partial charge on any atom is 0.334 e. The van der Waals surface area contributed by atoms with Gasteiger partial charge in [-0.15, -0.1) is 0 Å². The smallest absolute Gasteiger partial charge is 0.334 e. The molecule has 3 fully saturated rings. The van der Waals surface area contributed by atoms with Crippen LogP contribution in [0.5, 0.6) is 0 Å². The van der Waals surface area contributed by atoms with E-state index in [2.05, 4.69) is 20.8 Å². The van der Waals surface area contributed by atoms with Crippen molar-refractivity contribution in [2.75, 3.05) is 13.2 Å². The Morgan fingerprint density at radius 3 is 2.78 bits per heavy atom. The quantitative estimate of drug-likeness (QED) is 0.534. The summed E-state index contributed by atoms with van der Waals surface area (Å²) in [6.45, 7) is 6.84. The minimum absolute atomic E-state index is 0.0684. The van der Waals surface area contributed by atoms with E-state index in [9.17, 15) is 15.0 Å². The second-order valence-corrected chi connectivity index (χ2v) is 9.81. The van der Waals surface area contributed by atoms with Crippen molar-refractivity contribution in [3.63, 3.8) is 0 Å². The zero-order valence-electron chi connectivity index (χ0n) is 16.4. The number of cyclic esters (lactones) is 1. The second kappa shape index (κ2) is 5.56. The van der Waals surface area contributed by atoms with E-state index in [1.54, 1.807) is 0 Å². The zero-order chi connectivity index (χ0) is 19.2. The lowest BCUT2D eigenvalue weighted by atomic mass is 9.50. The van der Waals surface area contributed by atoms with E-state index in [1.165, 1.54) is 0 Å². The van der Waals surface area contributed by atoms with Gasteiger partial charge in [-0.2, -0.15) is 0 Å². The van der Waals surface area contributed by atoms with E-state index >= 15 is 0 Å². The van der Waals surface area contributed by atoms with Crippen LogP contribution in [0.25, 0.3) is 0 Å². The van der Waals surface area contributed by atoms with Gasteiger partial charge in [0.25, 0.3) is 0 Å². The molecule has 0 aromatic rings. The Balaban J connectivity index is 1.55. The first-order valence-electron chi connectivity index (χ1n) is 10.3. The summed E-state index contributed by atoms with van der Waals surface area (Å²) in [5.41, 5.74) is -0.0358. The van der Waals surface area contributed by atoms with Crippen molar-refractivity contribution in [2.24, 2.45) is 17.3 Å². The van der Waals surface area contributed by atoms with Gasteiger partial charge in [-0.3, -0.25) is 0 Å². The SMILES string of the molecule is CC(C)[C@]12O[C@H]1C[C@]1(O)C[C@@H](CC3C4=C(CC[C@@]31C)C(=O)OC4)OC[C@@H]2O. The van der Waals surface area contributed by atoms with Crippen molar-refractivity contribution in [1.82, 2.24) is 0 Å². The molecular formula is C21H30O6. The number of hydrogen-bond donors (Lipinski definition) is 2. The number of carbonyl (C=O) groups excluding carboxylic acids is 1. The summed E-state index contributed by atoms with van der Waals surface area (Å²) in [6.07, 6.45) is 2.27. The first-order chi connectivity index (χ1) is 12.7. The van der Waals surface area contributed by atoms with Crippen LogP contribution in [0.2, 0.25) is 0 Å². The third-order valence-corrected chi connectivity index (χ3v) is 8.43. The average Bonchev–Trinajstić information content (AvgIpc) is 3.20. The normalized spacial score (nSPS) is 51.6. The highest BCUT2D eigenvalue weighted by atomic mass is 16.6. The lowest BCUT2D eigenvalue weighted by Gasteiger charge is -2.57. The van der Waals surface area contributed by atoms with Gasteiger partial charge in [0, 0.05) is 23.8 Å². The van der Waals surface area contributed by atoms with Crippen LogP contribution < -0.4 is 0 Å². The number of esters is 1. The molecule has 6 nitrogen and oxygen atoms in total.